The monoisotopic (exact) mass is 180 g/mol. The fourth-order valence-corrected chi connectivity index (χ4v) is 1.01. The zero-order valence-electron chi connectivity index (χ0n) is 7.37. The fraction of sp³-hybridized carbons (Fsp3) is 0.222. The number of hydrogen-bond acceptors (Lipinski definition) is 3. The first-order chi connectivity index (χ1) is 6.09. The molecule has 0 fully saturated rings. The highest BCUT2D eigenvalue weighted by Gasteiger charge is 2.00. The smallest absolute Gasteiger partial charge is 0.322 e. The van der Waals surface area contributed by atoms with Crippen molar-refractivity contribution < 1.29 is 9.90 Å². The van der Waals surface area contributed by atoms with Crippen molar-refractivity contribution in [3.8, 4) is 0 Å². The maximum Gasteiger partial charge on any atom is 0.322 e. The Hall–Kier alpha value is -1.71. The van der Waals surface area contributed by atoms with Gasteiger partial charge < -0.3 is 16.2 Å². The Balaban J connectivity index is 2.72. The van der Waals surface area contributed by atoms with E-state index in [1.807, 2.05) is 13.0 Å². The molecule has 0 aliphatic heterocycles. The van der Waals surface area contributed by atoms with E-state index in [-0.39, 0.29) is 6.54 Å². The Labute approximate surface area is 76.4 Å². The molecule has 0 saturated heterocycles. The van der Waals surface area contributed by atoms with Crippen LogP contribution in [0.15, 0.2) is 18.2 Å². The van der Waals surface area contributed by atoms with Crippen LogP contribution in [0.3, 0.4) is 0 Å². The van der Waals surface area contributed by atoms with Crippen LogP contribution in [0, 0.1) is 6.92 Å². The second-order valence-electron chi connectivity index (χ2n) is 2.84. The maximum absolute atomic E-state index is 10.2. The Kier molecular flexibility index (Phi) is 2.74. The molecule has 0 spiro atoms. The van der Waals surface area contributed by atoms with Gasteiger partial charge in [0, 0.05) is 0 Å². The number of anilines is 2. The third-order valence-electron chi connectivity index (χ3n) is 1.64. The summed E-state index contributed by atoms with van der Waals surface area (Å²) in [6.07, 6.45) is 0. The number of aliphatic carboxylic acids is 1. The highest BCUT2D eigenvalue weighted by molar-refractivity contribution is 5.76. The van der Waals surface area contributed by atoms with Crippen molar-refractivity contribution in [2.45, 2.75) is 6.92 Å². The molecule has 0 aromatic heterocycles. The van der Waals surface area contributed by atoms with E-state index in [9.17, 15) is 4.79 Å². The van der Waals surface area contributed by atoms with Crippen LogP contribution < -0.4 is 11.1 Å². The number of nitrogens with two attached hydrogens (primary N) is 1. The van der Waals surface area contributed by atoms with Crippen LogP contribution in [0.1, 0.15) is 5.56 Å². The van der Waals surface area contributed by atoms with E-state index in [0.29, 0.717) is 11.4 Å². The summed E-state index contributed by atoms with van der Waals surface area (Å²) in [5.74, 6) is -0.903. The largest absolute Gasteiger partial charge is 0.480 e. The molecule has 13 heavy (non-hydrogen) atoms. The number of carboxylic acid groups (broad SMARTS) is 1. The zero-order chi connectivity index (χ0) is 9.84. The Morgan fingerprint density at radius 1 is 1.62 bits per heavy atom. The molecular weight excluding hydrogens is 168 g/mol. The first-order valence-corrected chi connectivity index (χ1v) is 3.91. The molecule has 0 radical (unpaired) electrons. The summed E-state index contributed by atoms with van der Waals surface area (Å²) in [5.41, 5.74) is 7.94. The van der Waals surface area contributed by atoms with Crippen LogP contribution in [0.25, 0.3) is 0 Å². The zero-order valence-corrected chi connectivity index (χ0v) is 7.37. The van der Waals surface area contributed by atoms with Crippen LogP contribution in [0.5, 0.6) is 0 Å². The summed E-state index contributed by atoms with van der Waals surface area (Å²) in [4.78, 5) is 10.2. The van der Waals surface area contributed by atoms with Gasteiger partial charge in [-0.05, 0) is 24.6 Å². The lowest BCUT2D eigenvalue weighted by Gasteiger charge is -2.07. The molecule has 0 bridgehead atoms. The van der Waals surface area contributed by atoms with E-state index in [2.05, 4.69) is 5.32 Å². The van der Waals surface area contributed by atoms with Crippen molar-refractivity contribution in [1.29, 1.82) is 0 Å². The molecule has 1 aromatic carbocycles. The van der Waals surface area contributed by atoms with Crippen molar-refractivity contribution >= 4 is 17.3 Å². The van der Waals surface area contributed by atoms with E-state index >= 15 is 0 Å². The lowest BCUT2D eigenvalue weighted by atomic mass is 10.2. The van der Waals surface area contributed by atoms with Crippen LogP contribution in [0.2, 0.25) is 0 Å². The third kappa shape index (κ3) is 2.66. The van der Waals surface area contributed by atoms with Gasteiger partial charge in [-0.2, -0.15) is 0 Å². The lowest BCUT2D eigenvalue weighted by Crippen LogP contribution is -2.13. The second kappa shape index (κ2) is 3.80. The third-order valence-corrected chi connectivity index (χ3v) is 1.64. The SMILES string of the molecule is Cc1ccc(NCC(=O)O)c(N)c1. The average Bonchev–Trinajstić information content (AvgIpc) is 2.02. The van der Waals surface area contributed by atoms with Crippen molar-refractivity contribution in [2.75, 3.05) is 17.6 Å². The van der Waals surface area contributed by atoms with Crippen molar-refractivity contribution in [3.63, 3.8) is 0 Å². The number of aryl methyl sites for hydroxylation is 1. The Morgan fingerprint density at radius 2 is 2.31 bits per heavy atom. The van der Waals surface area contributed by atoms with Gasteiger partial charge >= 0.3 is 5.97 Å². The molecule has 0 unspecified atom stereocenters. The molecule has 0 atom stereocenters. The topological polar surface area (TPSA) is 75.3 Å². The number of hydrogen-bond donors (Lipinski definition) is 3. The summed E-state index contributed by atoms with van der Waals surface area (Å²) in [7, 11) is 0. The summed E-state index contributed by atoms with van der Waals surface area (Å²) < 4.78 is 0. The minimum atomic E-state index is -0.903. The fourth-order valence-electron chi connectivity index (χ4n) is 1.01. The molecule has 0 aliphatic carbocycles. The van der Waals surface area contributed by atoms with Crippen LogP contribution >= 0.6 is 0 Å². The van der Waals surface area contributed by atoms with Gasteiger partial charge in [0.1, 0.15) is 6.54 Å². The van der Waals surface area contributed by atoms with E-state index < -0.39 is 5.97 Å². The van der Waals surface area contributed by atoms with Crippen molar-refractivity contribution in [2.24, 2.45) is 0 Å². The van der Waals surface area contributed by atoms with E-state index in [1.54, 1.807) is 12.1 Å². The summed E-state index contributed by atoms with van der Waals surface area (Å²) >= 11 is 0. The lowest BCUT2D eigenvalue weighted by molar-refractivity contribution is -0.134. The van der Waals surface area contributed by atoms with Gasteiger partial charge in [-0.15, -0.1) is 0 Å². The van der Waals surface area contributed by atoms with E-state index in [4.69, 9.17) is 10.8 Å². The molecule has 0 saturated carbocycles. The second-order valence-corrected chi connectivity index (χ2v) is 2.84. The first-order valence-electron chi connectivity index (χ1n) is 3.91. The summed E-state index contributed by atoms with van der Waals surface area (Å²) in [5, 5.41) is 11.1. The molecule has 0 amide bonds. The van der Waals surface area contributed by atoms with Gasteiger partial charge in [-0.25, -0.2) is 0 Å². The molecule has 1 rings (SSSR count). The summed E-state index contributed by atoms with van der Waals surface area (Å²) in [6, 6.07) is 5.44. The Bertz CT molecular complexity index is 323. The maximum atomic E-state index is 10.2. The minimum Gasteiger partial charge on any atom is -0.480 e. The van der Waals surface area contributed by atoms with Crippen molar-refractivity contribution in [3.05, 3.63) is 23.8 Å². The van der Waals surface area contributed by atoms with Gasteiger partial charge in [0.25, 0.3) is 0 Å². The standard InChI is InChI=1S/C9H12N2O2/c1-6-2-3-8(7(10)4-6)11-5-9(12)13/h2-4,11H,5,10H2,1H3,(H,12,13). The number of rotatable bonds is 3. The number of nitrogens with one attached hydrogen (secondary N) is 1. The number of carboxylic acids is 1. The molecule has 4 heteroatoms. The normalized spacial score (nSPS) is 9.62. The number of benzene rings is 1. The van der Waals surface area contributed by atoms with Gasteiger partial charge in [0.05, 0.1) is 11.4 Å². The number of carbonyl (C=O) groups is 1. The highest BCUT2D eigenvalue weighted by Crippen LogP contribution is 2.18. The average molecular weight is 180 g/mol. The van der Waals surface area contributed by atoms with Crippen LogP contribution in [-0.2, 0) is 4.79 Å². The van der Waals surface area contributed by atoms with Gasteiger partial charge in [-0.1, -0.05) is 6.07 Å². The van der Waals surface area contributed by atoms with Gasteiger partial charge in [0.2, 0.25) is 0 Å². The predicted octanol–water partition coefficient (Wildman–Crippen LogP) is 1.07. The molecule has 0 heterocycles. The molecule has 0 aliphatic rings. The number of nitrogen functional groups attached to an aromatic ring is 1. The molecule has 4 N–H and O–H groups in total. The van der Waals surface area contributed by atoms with Gasteiger partial charge in [-0.3, -0.25) is 4.79 Å². The first kappa shape index (κ1) is 9.38. The van der Waals surface area contributed by atoms with E-state index in [1.165, 1.54) is 0 Å². The molecular formula is C9H12N2O2. The van der Waals surface area contributed by atoms with E-state index in [0.717, 1.165) is 5.56 Å². The quantitative estimate of drug-likeness (QED) is 0.608. The van der Waals surface area contributed by atoms with Crippen LogP contribution in [0.4, 0.5) is 11.4 Å². The van der Waals surface area contributed by atoms with Crippen LogP contribution in [-0.4, -0.2) is 17.6 Å². The highest BCUT2D eigenvalue weighted by atomic mass is 16.4. The Morgan fingerprint density at radius 3 is 2.85 bits per heavy atom. The van der Waals surface area contributed by atoms with Crippen molar-refractivity contribution in [1.82, 2.24) is 0 Å². The molecule has 4 nitrogen and oxygen atoms in total. The minimum absolute atomic E-state index is 0.118. The van der Waals surface area contributed by atoms with Gasteiger partial charge in [0.15, 0.2) is 0 Å². The predicted molar refractivity (Wildman–Crippen MR) is 51.7 cm³/mol. The molecule has 70 valence electrons. The summed E-state index contributed by atoms with van der Waals surface area (Å²) in [6.45, 7) is 1.81. The molecule has 1 aromatic rings.